The Kier molecular flexibility index (Phi) is 7.99. The molecule has 0 unspecified atom stereocenters. The zero-order valence-corrected chi connectivity index (χ0v) is 27.3. The summed E-state index contributed by atoms with van der Waals surface area (Å²) in [6.07, 6.45) is 0. The zero-order valence-electron chi connectivity index (χ0n) is 27.3. The molecule has 6 heteroatoms. The maximum absolute atomic E-state index is 6.10. The smallest absolute Gasteiger partial charge is 0.220 e. The molecular formula is C42H40N6+2. The summed E-state index contributed by atoms with van der Waals surface area (Å²) in [7, 11) is 0. The Morgan fingerprint density at radius 3 is 1.06 bits per heavy atom. The van der Waals surface area contributed by atoms with Crippen LogP contribution < -0.4 is 32.1 Å². The molecule has 0 amide bonds. The van der Waals surface area contributed by atoms with Gasteiger partial charge in [0, 0.05) is 56.8 Å². The van der Waals surface area contributed by atoms with Crippen LogP contribution in [0.25, 0.3) is 65.9 Å². The number of aryl methyl sites for hydroxylation is 2. The lowest BCUT2D eigenvalue weighted by Crippen LogP contribution is -2.36. The highest BCUT2D eigenvalue weighted by Gasteiger charge is 2.24. The van der Waals surface area contributed by atoms with Crippen LogP contribution in [0.5, 0.6) is 0 Å². The predicted molar refractivity (Wildman–Crippen MR) is 203 cm³/mol. The minimum Gasteiger partial charge on any atom is -0.399 e. The van der Waals surface area contributed by atoms with Crippen LogP contribution >= 0.6 is 0 Å². The van der Waals surface area contributed by atoms with Crippen molar-refractivity contribution in [2.45, 2.75) is 26.9 Å². The van der Waals surface area contributed by atoms with E-state index in [1.807, 2.05) is 36.4 Å². The summed E-state index contributed by atoms with van der Waals surface area (Å²) in [5.74, 6) is 0. The van der Waals surface area contributed by atoms with Crippen molar-refractivity contribution in [3.8, 4) is 22.5 Å². The van der Waals surface area contributed by atoms with Crippen LogP contribution in [-0.2, 0) is 13.1 Å². The molecule has 8 rings (SSSR count). The molecule has 0 saturated carbocycles. The molecule has 0 spiro atoms. The molecular weight excluding hydrogens is 589 g/mol. The first kappa shape index (κ1) is 30.5. The lowest BCUT2D eigenvalue weighted by Gasteiger charge is -2.12. The van der Waals surface area contributed by atoms with Gasteiger partial charge in [-0.2, -0.15) is 9.13 Å². The van der Waals surface area contributed by atoms with Gasteiger partial charge in [-0.3, -0.25) is 0 Å². The van der Waals surface area contributed by atoms with E-state index in [1.165, 1.54) is 54.8 Å². The maximum atomic E-state index is 6.10. The lowest BCUT2D eigenvalue weighted by molar-refractivity contribution is -0.655. The molecule has 8 aromatic rings. The van der Waals surface area contributed by atoms with Gasteiger partial charge in [0.25, 0.3) is 0 Å². The highest BCUT2D eigenvalue weighted by molar-refractivity contribution is 6.11. The maximum Gasteiger partial charge on any atom is 0.220 e. The number of aromatic nitrogens is 2. The van der Waals surface area contributed by atoms with Crippen molar-refractivity contribution < 1.29 is 9.13 Å². The van der Waals surface area contributed by atoms with Gasteiger partial charge >= 0.3 is 0 Å². The van der Waals surface area contributed by atoms with Crippen LogP contribution in [-0.4, -0.2) is 0 Å². The molecule has 2 heterocycles. The molecule has 0 aliphatic rings. The number of nitrogens with zero attached hydrogens (tertiary/aromatic N) is 2. The third-order valence-corrected chi connectivity index (χ3v) is 9.07. The molecule has 236 valence electrons. The number of anilines is 4. The van der Waals surface area contributed by atoms with Gasteiger partial charge in [0.05, 0.1) is 21.5 Å². The van der Waals surface area contributed by atoms with Crippen molar-refractivity contribution in [1.82, 2.24) is 0 Å². The Balaban J connectivity index is 0.000000152. The van der Waals surface area contributed by atoms with Crippen LogP contribution in [0.1, 0.15) is 13.8 Å². The van der Waals surface area contributed by atoms with Gasteiger partial charge in [-0.05, 0) is 86.6 Å². The fraction of sp³-hybridized carbons (Fsp3) is 0.0952. The van der Waals surface area contributed by atoms with Crippen LogP contribution in [0.4, 0.5) is 22.7 Å². The predicted octanol–water partition coefficient (Wildman–Crippen LogP) is 8.26. The first-order chi connectivity index (χ1) is 23.4. The van der Waals surface area contributed by atoms with Crippen LogP contribution in [0.2, 0.25) is 0 Å². The second-order valence-corrected chi connectivity index (χ2v) is 12.1. The summed E-state index contributed by atoms with van der Waals surface area (Å²) in [6.45, 7) is 6.03. The van der Waals surface area contributed by atoms with E-state index in [9.17, 15) is 0 Å². The van der Waals surface area contributed by atoms with Crippen LogP contribution in [0.3, 0.4) is 0 Å². The standard InChI is InChI=1S/2C21H19N3/c2*1-2-24-20-13-16(23)9-11-18(20)17-10-8-15(22)12-19(17)21(24)14-6-4-3-5-7-14/h2*3-13,23H,2,22H2,1H3/p+2. The average Bonchev–Trinajstić information content (AvgIpc) is 3.11. The van der Waals surface area contributed by atoms with Gasteiger partial charge in [-0.25, -0.2) is 0 Å². The normalized spacial score (nSPS) is 11.2. The van der Waals surface area contributed by atoms with Crippen molar-refractivity contribution in [2.75, 3.05) is 22.9 Å². The molecule has 0 aliphatic carbocycles. The van der Waals surface area contributed by atoms with Crippen molar-refractivity contribution in [1.29, 1.82) is 0 Å². The Hall–Kier alpha value is -6.14. The van der Waals surface area contributed by atoms with E-state index in [1.54, 1.807) is 0 Å². The molecule has 0 bridgehead atoms. The van der Waals surface area contributed by atoms with E-state index in [-0.39, 0.29) is 0 Å². The molecule has 6 aromatic carbocycles. The lowest BCUT2D eigenvalue weighted by atomic mass is 9.98. The SMILES string of the molecule is CC[n+]1c(-c2ccccc2)c2cc(N)ccc2c2ccc(N)cc21.CC[n+]1c(-c2ccccc2)c2cc(N)ccc2c2ccc(N)cc21. The molecule has 0 fully saturated rings. The molecule has 48 heavy (non-hydrogen) atoms. The second-order valence-electron chi connectivity index (χ2n) is 12.1. The fourth-order valence-corrected chi connectivity index (χ4v) is 6.99. The number of hydrogen-bond donors (Lipinski definition) is 4. The summed E-state index contributed by atoms with van der Waals surface area (Å²) >= 11 is 0. The molecule has 0 radical (unpaired) electrons. The number of pyridine rings is 2. The average molecular weight is 629 g/mol. The summed E-state index contributed by atoms with van der Waals surface area (Å²) in [5, 5.41) is 7.12. The highest BCUT2D eigenvalue weighted by Crippen LogP contribution is 2.34. The van der Waals surface area contributed by atoms with Gasteiger partial charge in [0.1, 0.15) is 13.1 Å². The van der Waals surface area contributed by atoms with E-state index in [4.69, 9.17) is 22.9 Å². The van der Waals surface area contributed by atoms with Gasteiger partial charge < -0.3 is 22.9 Å². The number of nitrogen functional groups attached to an aromatic ring is 4. The minimum absolute atomic E-state index is 0.775. The zero-order chi connectivity index (χ0) is 33.4. The van der Waals surface area contributed by atoms with Gasteiger partial charge in [-0.15, -0.1) is 0 Å². The number of fused-ring (bicyclic) bond motifs is 6. The quantitative estimate of drug-likeness (QED) is 0.0893. The van der Waals surface area contributed by atoms with Crippen molar-refractivity contribution in [2.24, 2.45) is 0 Å². The summed E-state index contributed by atoms with van der Waals surface area (Å²) in [5.41, 5.74) is 34.5. The number of rotatable bonds is 4. The summed E-state index contributed by atoms with van der Waals surface area (Å²) < 4.78 is 4.64. The van der Waals surface area contributed by atoms with E-state index < -0.39 is 0 Å². The molecule has 0 saturated heterocycles. The summed E-state index contributed by atoms with van der Waals surface area (Å²) in [6, 6.07) is 45.4. The highest BCUT2D eigenvalue weighted by atomic mass is 15.0. The summed E-state index contributed by atoms with van der Waals surface area (Å²) in [4.78, 5) is 0. The van der Waals surface area contributed by atoms with Gasteiger partial charge in [0.15, 0.2) is 0 Å². The molecule has 0 aliphatic heterocycles. The Morgan fingerprint density at radius 2 is 0.708 bits per heavy atom. The van der Waals surface area contributed by atoms with E-state index in [0.29, 0.717) is 0 Å². The van der Waals surface area contributed by atoms with Crippen molar-refractivity contribution in [3.63, 3.8) is 0 Å². The first-order valence-corrected chi connectivity index (χ1v) is 16.4. The Morgan fingerprint density at radius 1 is 0.375 bits per heavy atom. The van der Waals surface area contributed by atoms with E-state index in [0.717, 1.165) is 46.9 Å². The third kappa shape index (κ3) is 5.37. The van der Waals surface area contributed by atoms with Crippen LogP contribution in [0, 0.1) is 0 Å². The van der Waals surface area contributed by atoms with E-state index in [2.05, 4.69) is 120 Å². The van der Waals surface area contributed by atoms with Gasteiger partial charge in [0.2, 0.25) is 22.4 Å². The third-order valence-electron chi connectivity index (χ3n) is 9.07. The molecule has 0 atom stereocenters. The Labute approximate surface area is 280 Å². The Bertz CT molecular complexity index is 2280. The first-order valence-electron chi connectivity index (χ1n) is 16.4. The second kappa shape index (κ2) is 12.6. The largest absolute Gasteiger partial charge is 0.399 e. The fourth-order valence-electron chi connectivity index (χ4n) is 6.99. The number of nitrogens with two attached hydrogens (primary N) is 4. The van der Waals surface area contributed by atoms with Gasteiger partial charge in [-0.1, -0.05) is 48.5 Å². The van der Waals surface area contributed by atoms with E-state index >= 15 is 0 Å². The topological polar surface area (TPSA) is 112 Å². The molecule has 8 N–H and O–H groups in total. The molecule has 2 aromatic heterocycles. The number of hydrogen-bond acceptors (Lipinski definition) is 4. The minimum atomic E-state index is 0.775. The van der Waals surface area contributed by atoms with Crippen LogP contribution in [0.15, 0.2) is 133 Å². The van der Waals surface area contributed by atoms with Crippen molar-refractivity contribution in [3.05, 3.63) is 133 Å². The number of benzene rings is 6. The monoisotopic (exact) mass is 628 g/mol. The van der Waals surface area contributed by atoms with Crippen molar-refractivity contribution >= 4 is 66.1 Å². The molecule has 6 nitrogen and oxygen atoms in total.